The number of hydrogen-bond acceptors (Lipinski definition) is 3. The second kappa shape index (κ2) is 6.56. The molecule has 28 heavy (non-hydrogen) atoms. The maximum atomic E-state index is 14.4. The molecule has 5 nitrogen and oxygen atoms in total. The smallest absolute Gasteiger partial charge is 0.338 e. The van der Waals surface area contributed by atoms with Gasteiger partial charge in [0.25, 0.3) is 0 Å². The summed E-state index contributed by atoms with van der Waals surface area (Å²) in [6, 6.07) is 12.9. The Hall–Kier alpha value is -2.99. The number of rotatable bonds is 4. The fraction of sp³-hybridized carbons (Fsp3) is 0.273. The maximum Gasteiger partial charge on any atom is 0.338 e. The number of nitrogens with zero attached hydrogens (tertiary/aromatic N) is 3. The highest BCUT2D eigenvalue weighted by atomic mass is 19.1. The number of carboxylic acids is 1. The quantitative estimate of drug-likeness (QED) is 0.744. The average molecular weight is 377 g/mol. The van der Waals surface area contributed by atoms with Crippen LogP contribution in [0.4, 0.5) is 4.39 Å². The van der Waals surface area contributed by atoms with Crippen molar-refractivity contribution in [3.05, 3.63) is 82.7 Å². The van der Waals surface area contributed by atoms with Crippen molar-refractivity contribution in [2.75, 3.05) is 0 Å². The van der Waals surface area contributed by atoms with Crippen LogP contribution >= 0.6 is 0 Å². The molecule has 0 unspecified atom stereocenters. The first-order valence-corrected chi connectivity index (χ1v) is 9.49. The van der Waals surface area contributed by atoms with Gasteiger partial charge < -0.3 is 9.67 Å². The minimum atomic E-state index is -1.25. The first kappa shape index (κ1) is 17.1. The molecule has 0 radical (unpaired) electrons. The lowest BCUT2D eigenvalue weighted by atomic mass is 10.1. The zero-order valence-corrected chi connectivity index (χ0v) is 15.3. The van der Waals surface area contributed by atoms with Gasteiger partial charge in [0.1, 0.15) is 11.6 Å². The summed E-state index contributed by atoms with van der Waals surface area (Å²) in [5.41, 5.74) is 3.40. The van der Waals surface area contributed by atoms with Crippen molar-refractivity contribution in [1.29, 1.82) is 0 Å². The lowest BCUT2D eigenvalue weighted by Crippen LogP contribution is -2.22. The molecule has 142 valence electrons. The van der Waals surface area contributed by atoms with Crippen LogP contribution in [0.2, 0.25) is 0 Å². The van der Waals surface area contributed by atoms with Crippen LogP contribution in [0.3, 0.4) is 0 Å². The summed E-state index contributed by atoms with van der Waals surface area (Å²) < 4.78 is 16.4. The molecule has 2 aliphatic rings. The van der Waals surface area contributed by atoms with E-state index in [2.05, 4.69) is 17.0 Å². The van der Waals surface area contributed by atoms with E-state index in [9.17, 15) is 14.3 Å². The number of carboxylic acid groups (broad SMARTS) is 1. The van der Waals surface area contributed by atoms with Crippen molar-refractivity contribution in [2.45, 2.75) is 38.4 Å². The highest BCUT2D eigenvalue weighted by Gasteiger charge is 2.30. The lowest BCUT2D eigenvalue weighted by molar-refractivity contribution is 0.0692. The molecular formula is C22H20FN3O2. The van der Waals surface area contributed by atoms with Crippen LogP contribution in [-0.4, -0.2) is 25.5 Å². The molecule has 3 aromatic rings. The summed E-state index contributed by atoms with van der Waals surface area (Å²) in [5.74, 6) is -0.587. The van der Waals surface area contributed by atoms with Gasteiger partial charge in [-0.25, -0.2) is 14.2 Å². The number of imidazole rings is 1. The van der Waals surface area contributed by atoms with E-state index in [1.165, 1.54) is 17.7 Å². The molecule has 1 aromatic heterocycles. The zero-order chi connectivity index (χ0) is 19.3. The van der Waals surface area contributed by atoms with E-state index in [1.807, 2.05) is 29.0 Å². The van der Waals surface area contributed by atoms with Gasteiger partial charge in [0, 0.05) is 25.2 Å². The number of benzene rings is 2. The first-order valence-electron chi connectivity index (χ1n) is 9.49. The number of halogens is 1. The van der Waals surface area contributed by atoms with Crippen LogP contribution in [0.25, 0.3) is 5.69 Å². The van der Waals surface area contributed by atoms with Crippen molar-refractivity contribution < 1.29 is 14.3 Å². The average Bonchev–Trinajstić information content (AvgIpc) is 3.45. The maximum absolute atomic E-state index is 14.4. The van der Waals surface area contributed by atoms with E-state index >= 15 is 0 Å². The summed E-state index contributed by atoms with van der Waals surface area (Å²) in [7, 11) is 0. The van der Waals surface area contributed by atoms with Gasteiger partial charge in [-0.05, 0) is 36.1 Å². The second-order valence-electron chi connectivity index (χ2n) is 7.62. The molecule has 0 spiro atoms. The Balaban J connectivity index is 1.60. The Bertz CT molecular complexity index is 1060. The number of carbonyl (C=O) groups is 1. The summed E-state index contributed by atoms with van der Waals surface area (Å²) in [4.78, 5) is 18.5. The standard InChI is InChI=1S/C22H20FN3O2/c23-18-8-16-11-25(10-14-4-2-1-3-5-14)13-21-24-19(15-6-7-15)12-26(21)20(16)9-17(18)22(27)28/h1-5,8-9,12,15H,6-7,10-11,13H2,(H,27,28). The normalized spacial score (nSPS) is 16.3. The van der Waals surface area contributed by atoms with E-state index in [0.717, 1.165) is 29.9 Å². The fourth-order valence-electron chi connectivity index (χ4n) is 3.90. The summed E-state index contributed by atoms with van der Waals surface area (Å²) >= 11 is 0. The van der Waals surface area contributed by atoms with Gasteiger partial charge in [0.05, 0.1) is 23.5 Å². The topological polar surface area (TPSA) is 58.4 Å². The van der Waals surface area contributed by atoms with Crippen LogP contribution in [0.1, 0.15) is 51.8 Å². The van der Waals surface area contributed by atoms with Gasteiger partial charge in [0.2, 0.25) is 0 Å². The van der Waals surface area contributed by atoms with Crippen molar-refractivity contribution in [3.8, 4) is 5.69 Å². The molecular weight excluding hydrogens is 357 g/mol. The van der Waals surface area contributed by atoms with Crippen LogP contribution in [0.15, 0.2) is 48.7 Å². The second-order valence-corrected chi connectivity index (χ2v) is 7.62. The van der Waals surface area contributed by atoms with Crippen molar-refractivity contribution in [2.24, 2.45) is 0 Å². The molecule has 1 aliphatic carbocycles. The Labute approximate surface area is 162 Å². The molecule has 2 heterocycles. The number of aromatic carboxylic acids is 1. The monoisotopic (exact) mass is 377 g/mol. The molecule has 0 saturated heterocycles. The van der Waals surface area contributed by atoms with E-state index in [-0.39, 0.29) is 5.56 Å². The van der Waals surface area contributed by atoms with Gasteiger partial charge in [-0.2, -0.15) is 0 Å². The van der Waals surface area contributed by atoms with Crippen LogP contribution in [0.5, 0.6) is 0 Å². The minimum absolute atomic E-state index is 0.303. The Morgan fingerprint density at radius 1 is 1.18 bits per heavy atom. The Kier molecular flexibility index (Phi) is 4.02. The van der Waals surface area contributed by atoms with Crippen LogP contribution in [0, 0.1) is 5.82 Å². The third-order valence-electron chi connectivity index (χ3n) is 5.46. The predicted octanol–water partition coefficient (Wildman–Crippen LogP) is 4.10. The number of hydrogen-bond donors (Lipinski definition) is 1. The van der Waals surface area contributed by atoms with Crippen molar-refractivity contribution >= 4 is 5.97 Å². The molecule has 1 N–H and O–H groups in total. The van der Waals surface area contributed by atoms with Gasteiger partial charge in [-0.1, -0.05) is 30.3 Å². The van der Waals surface area contributed by atoms with Gasteiger partial charge in [-0.15, -0.1) is 0 Å². The van der Waals surface area contributed by atoms with Crippen LogP contribution in [-0.2, 0) is 19.6 Å². The summed E-state index contributed by atoms with van der Waals surface area (Å²) in [6.45, 7) is 1.87. The SMILES string of the molecule is O=C(O)c1cc2c(cc1F)CN(Cc1ccccc1)Cc1nc(C3CC3)cn1-2. The molecule has 5 rings (SSSR count). The molecule has 6 heteroatoms. The summed E-state index contributed by atoms with van der Waals surface area (Å²) in [6.07, 6.45) is 4.28. The van der Waals surface area contributed by atoms with Gasteiger partial charge >= 0.3 is 5.97 Å². The van der Waals surface area contributed by atoms with E-state index < -0.39 is 11.8 Å². The molecule has 2 aromatic carbocycles. The molecule has 1 saturated carbocycles. The Morgan fingerprint density at radius 2 is 1.96 bits per heavy atom. The molecule has 1 aliphatic heterocycles. The largest absolute Gasteiger partial charge is 0.478 e. The number of fused-ring (bicyclic) bond motifs is 3. The highest BCUT2D eigenvalue weighted by molar-refractivity contribution is 5.89. The van der Waals surface area contributed by atoms with Gasteiger partial charge in [-0.3, -0.25) is 4.90 Å². The molecule has 1 fully saturated rings. The molecule has 0 bridgehead atoms. The third-order valence-corrected chi connectivity index (χ3v) is 5.46. The van der Waals surface area contributed by atoms with Crippen molar-refractivity contribution in [1.82, 2.24) is 14.5 Å². The van der Waals surface area contributed by atoms with E-state index in [0.29, 0.717) is 31.2 Å². The third kappa shape index (κ3) is 3.10. The fourth-order valence-corrected chi connectivity index (χ4v) is 3.90. The molecule has 0 amide bonds. The number of aromatic nitrogens is 2. The van der Waals surface area contributed by atoms with Crippen molar-refractivity contribution in [3.63, 3.8) is 0 Å². The van der Waals surface area contributed by atoms with Crippen LogP contribution < -0.4 is 0 Å². The Morgan fingerprint density at radius 3 is 2.68 bits per heavy atom. The minimum Gasteiger partial charge on any atom is -0.478 e. The first-order chi connectivity index (χ1) is 13.6. The van der Waals surface area contributed by atoms with Gasteiger partial charge in [0.15, 0.2) is 0 Å². The zero-order valence-electron chi connectivity index (χ0n) is 15.3. The molecule has 0 atom stereocenters. The van der Waals surface area contributed by atoms with E-state index in [4.69, 9.17) is 4.98 Å². The van der Waals surface area contributed by atoms with E-state index in [1.54, 1.807) is 0 Å². The highest BCUT2D eigenvalue weighted by Crippen LogP contribution is 2.40. The summed E-state index contributed by atoms with van der Waals surface area (Å²) in [5, 5.41) is 9.36. The lowest BCUT2D eigenvalue weighted by Gasteiger charge is -2.20. The predicted molar refractivity (Wildman–Crippen MR) is 102 cm³/mol.